The van der Waals surface area contributed by atoms with Gasteiger partial charge in [0.05, 0.1) is 22.1 Å². The lowest BCUT2D eigenvalue weighted by atomic mass is 9.72. The summed E-state index contributed by atoms with van der Waals surface area (Å²) in [5.41, 5.74) is 5.15. The molecule has 0 bridgehead atoms. The molecule has 332 valence electrons. The van der Waals surface area contributed by atoms with Gasteiger partial charge < -0.3 is 24.3 Å². The number of carbonyl (C=O) groups excluding carboxylic acids is 4. The van der Waals surface area contributed by atoms with Crippen LogP contribution in [0.5, 0.6) is 5.75 Å². The summed E-state index contributed by atoms with van der Waals surface area (Å²) in [7, 11) is 0. The van der Waals surface area contributed by atoms with E-state index >= 15 is 0 Å². The molecule has 0 radical (unpaired) electrons. The standard InChI is InChI=1S/C46H49Cl2N11O5/c1-29(42-36(47)22-49-23-37(42)48)64-34-7-8-38-35(20-34)43(53-52-38)31-2-9-39(50-21-31)57-25-46(26-57)27-58(28-46)44(62)30-10-13-56(14-11-30)41(61)24-54-16-18-55(19-17-54)32-3-5-33(6-4-32)59-15-12-40(60)51-45(59)63/h2-9,20-23,29-30H,10-19,24-28H2,1H3,(H,52,53)(H,51,60,63)/t29-/m1/s1. The van der Waals surface area contributed by atoms with Crippen molar-refractivity contribution in [3.05, 3.63) is 88.8 Å². The van der Waals surface area contributed by atoms with Crippen LogP contribution in [0.25, 0.3) is 22.2 Å². The van der Waals surface area contributed by atoms with Crippen LogP contribution in [-0.2, 0) is 14.4 Å². The predicted octanol–water partition coefficient (Wildman–Crippen LogP) is 5.62. The SMILES string of the molecule is C[C@@H](Oc1ccc2[nH]nc(-c3ccc(N4CC5(CN(C(=O)C6CCN(C(=O)CN7CCN(c8ccc(N9CCC(=O)NC9=O)cc8)CC7)CC6)C5)C4)nc3)c2c1)c1c(Cl)cncc1Cl. The minimum absolute atomic E-state index is 0.0453. The highest BCUT2D eigenvalue weighted by atomic mass is 35.5. The van der Waals surface area contributed by atoms with E-state index in [-0.39, 0.29) is 35.5 Å². The lowest BCUT2D eigenvalue weighted by Gasteiger charge is -2.61. The molecule has 5 fully saturated rings. The Morgan fingerprint density at radius 3 is 2.23 bits per heavy atom. The third-order valence-electron chi connectivity index (χ3n) is 13.4. The number of hydrogen-bond acceptors (Lipinski definition) is 11. The number of benzene rings is 2. The molecule has 2 aromatic carbocycles. The van der Waals surface area contributed by atoms with E-state index in [9.17, 15) is 19.2 Å². The van der Waals surface area contributed by atoms with Crippen LogP contribution in [0, 0.1) is 11.3 Å². The summed E-state index contributed by atoms with van der Waals surface area (Å²) in [6.45, 7) is 10.2. The number of pyridine rings is 2. The smallest absolute Gasteiger partial charge is 0.328 e. The molecule has 16 nitrogen and oxygen atoms in total. The number of aromatic amines is 1. The van der Waals surface area contributed by atoms with Crippen molar-refractivity contribution >= 4 is 75.1 Å². The summed E-state index contributed by atoms with van der Waals surface area (Å²) in [5, 5.41) is 11.9. The number of nitrogens with zero attached hydrogens (tertiary/aromatic N) is 9. The first-order valence-corrected chi connectivity index (χ1v) is 22.7. The van der Waals surface area contributed by atoms with E-state index in [0.717, 1.165) is 91.7 Å². The molecule has 0 saturated carbocycles. The normalized spacial score (nSPS) is 19.7. The second-order valence-corrected chi connectivity index (χ2v) is 18.5. The molecular weight excluding hydrogens is 857 g/mol. The number of fused-ring (bicyclic) bond motifs is 1. The summed E-state index contributed by atoms with van der Waals surface area (Å²) in [4.78, 5) is 71.7. The van der Waals surface area contributed by atoms with Crippen molar-refractivity contribution < 1.29 is 23.9 Å². The number of H-pyrrole nitrogens is 1. The monoisotopic (exact) mass is 905 g/mol. The fraction of sp³-hybridized carbons (Fsp3) is 0.413. The molecule has 0 aliphatic carbocycles. The van der Waals surface area contributed by atoms with E-state index in [0.29, 0.717) is 60.4 Å². The molecule has 5 amide bonds. The van der Waals surface area contributed by atoms with Gasteiger partial charge in [0.1, 0.15) is 23.4 Å². The van der Waals surface area contributed by atoms with E-state index in [1.165, 1.54) is 0 Å². The van der Waals surface area contributed by atoms with Crippen molar-refractivity contribution in [2.24, 2.45) is 11.3 Å². The Bertz CT molecular complexity index is 2560. The lowest BCUT2D eigenvalue weighted by Crippen LogP contribution is -2.73. The Balaban J connectivity index is 0.650. The van der Waals surface area contributed by atoms with Gasteiger partial charge in [-0.3, -0.25) is 39.6 Å². The van der Waals surface area contributed by atoms with Gasteiger partial charge in [0.15, 0.2) is 0 Å². The number of nitrogens with one attached hydrogen (secondary N) is 2. The fourth-order valence-corrected chi connectivity index (χ4v) is 10.5. The lowest BCUT2D eigenvalue weighted by molar-refractivity contribution is -0.152. The Kier molecular flexibility index (Phi) is 11.3. The van der Waals surface area contributed by atoms with E-state index in [4.69, 9.17) is 32.9 Å². The summed E-state index contributed by atoms with van der Waals surface area (Å²) < 4.78 is 6.25. The molecular formula is C46H49Cl2N11O5. The predicted molar refractivity (Wildman–Crippen MR) is 244 cm³/mol. The Hall–Kier alpha value is -5.97. The molecule has 1 atom stereocenters. The van der Waals surface area contributed by atoms with Crippen LogP contribution in [0.2, 0.25) is 10.0 Å². The molecule has 5 aromatic rings. The summed E-state index contributed by atoms with van der Waals surface area (Å²) in [5.74, 6) is 1.61. The summed E-state index contributed by atoms with van der Waals surface area (Å²) >= 11 is 12.7. The first-order valence-electron chi connectivity index (χ1n) is 21.9. The van der Waals surface area contributed by atoms with Crippen molar-refractivity contribution in [3.63, 3.8) is 0 Å². The van der Waals surface area contributed by atoms with Crippen LogP contribution in [0.15, 0.2) is 73.2 Å². The highest BCUT2D eigenvalue weighted by molar-refractivity contribution is 6.35. The number of hydrogen-bond donors (Lipinski definition) is 2. The molecule has 10 rings (SSSR count). The zero-order valence-electron chi connectivity index (χ0n) is 35.5. The largest absolute Gasteiger partial charge is 0.486 e. The number of urea groups is 1. The van der Waals surface area contributed by atoms with Crippen LogP contribution in [0.4, 0.5) is 22.0 Å². The highest BCUT2D eigenvalue weighted by Crippen LogP contribution is 2.43. The van der Waals surface area contributed by atoms with Crippen molar-refractivity contribution in [2.75, 3.05) is 93.2 Å². The van der Waals surface area contributed by atoms with Gasteiger partial charge in [0, 0.05) is 136 Å². The number of halogens is 2. The number of likely N-dealkylation sites (tertiary alicyclic amines) is 2. The molecule has 5 saturated heterocycles. The number of rotatable bonds is 10. The fourth-order valence-electron chi connectivity index (χ4n) is 9.86. The van der Waals surface area contributed by atoms with Gasteiger partial charge in [0.2, 0.25) is 17.7 Å². The van der Waals surface area contributed by atoms with Crippen molar-refractivity contribution in [1.29, 1.82) is 0 Å². The number of aromatic nitrogens is 4. The Morgan fingerprint density at radius 1 is 0.828 bits per heavy atom. The zero-order chi connectivity index (χ0) is 44.1. The molecule has 5 aliphatic heterocycles. The molecule has 5 aliphatic rings. The highest BCUT2D eigenvalue weighted by Gasteiger charge is 2.54. The third kappa shape index (κ3) is 8.29. The van der Waals surface area contributed by atoms with Crippen LogP contribution < -0.4 is 24.8 Å². The number of imide groups is 1. The molecule has 8 heterocycles. The van der Waals surface area contributed by atoms with Crippen LogP contribution in [0.3, 0.4) is 0 Å². The molecule has 3 aromatic heterocycles. The van der Waals surface area contributed by atoms with Crippen molar-refractivity contribution in [1.82, 2.24) is 40.2 Å². The second kappa shape index (κ2) is 17.2. The maximum absolute atomic E-state index is 13.6. The number of piperazine rings is 1. The summed E-state index contributed by atoms with van der Waals surface area (Å²) in [6, 6.07) is 17.3. The minimum atomic E-state index is -0.395. The minimum Gasteiger partial charge on any atom is -0.486 e. The molecule has 2 N–H and O–H groups in total. The number of anilines is 3. The average Bonchev–Trinajstić information content (AvgIpc) is 3.69. The molecule has 0 unspecified atom stereocenters. The van der Waals surface area contributed by atoms with Gasteiger partial charge in [-0.05, 0) is 74.4 Å². The molecule has 18 heteroatoms. The molecule has 64 heavy (non-hydrogen) atoms. The topological polar surface area (TPSA) is 163 Å². The maximum atomic E-state index is 13.6. The van der Waals surface area contributed by atoms with Crippen LogP contribution >= 0.6 is 23.2 Å². The second-order valence-electron chi connectivity index (χ2n) is 17.7. The van der Waals surface area contributed by atoms with Gasteiger partial charge in [0.25, 0.3) is 0 Å². The van der Waals surface area contributed by atoms with Gasteiger partial charge in [-0.2, -0.15) is 5.10 Å². The van der Waals surface area contributed by atoms with Gasteiger partial charge in [-0.1, -0.05) is 23.2 Å². The Morgan fingerprint density at radius 2 is 1.55 bits per heavy atom. The van der Waals surface area contributed by atoms with Crippen LogP contribution in [0.1, 0.15) is 37.9 Å². The van der Waals surface area contributed by atoms with Gasteiger partial charge in [-0.25, -0.2) is 9.78 Å². The third-order valence-corrected chi connectivity index (χ3v) is 14.0. The Labute approximate surface area is 380 Å². The first kappa shape index (κ1) is 42.0. The van der Waals surface area contributed by atoms with E-state index in [2.05, 4.69) is 35.2 Å². The van der Waals surface area contributed by atoms with Crippen molar-refractivity contribution in [3.8, 4) is 17.0 Å². The zero-order valence-corrected chi connectivity index (χ0v) is 37.0. The molecule has 1 spiro atoms. The van der Waals surface area contributed by atoms with E-state index < -0.39 is 12.1 Å². The first-order chi connectivity index (χ1) is 31.0. The van der Waals surface area contributed by atoms with E-state index in [1.807, 2.05) is 77.5 Å². The van der Waals surface area contributed by atoms with E-state index in [1.54, 1.807) is 17.3 Å². The van der Waals surface area contributed by atoms with Crippen LogP contribution in [-0.4, -0.2) is 137 Å². The number of piperidine rings is 1. The summed E-state index contributed by atoms with van der Waals surface area (Å²) in [6.07, 6.45) is 6.25. The average molecular weight is 907 g/mol. The van der Waals surface area contributed by atoms with Crippen molar-refractivity contribution in [2.45, 2.75) is 32.3 Å². The van der Waals surface area contributed by atoms with Gasteiger partial charge in [-0.15, -0.1) is 0 Å². The quantitative estimate of drug-likeness (QED) is 0.179. The number of carbonyl (C=O) groups is 4. The number of amides is 5. The van der Waals surface area contributed by atoms with Gasteiger partial charge >= 0.3 is 6.03 Å². The number of ether oxygens (including phenoxy) is 1. The maximum Gasteiger partial charge on any atom is 0.328 e.